The summed E-state index contributed by atoms with van der Waals surface area (Å²) in [6.07, 6.45) is 14.5. The largest absolute Gasteiger partial charge is 0.375 e. The summed E-state index contributed by atoms with van der Waals surface area (Å²) in [6.45, 7) is 2.08. The van der Waals surface area contributed by atoms with Crippen LogP contribution in [0.5, 0.6) is 0 Å². The van der Waals surface area contributed by atoms with Crippen molar-refractivity contribution >= 4 is 0 Å². The van der Waals surface area contributed by atoms with E-state index in [1.54, 1.807) is 0 Å². The molecule has 2 aliphatic carbocycles. The van der Waals surface area contributed by atoms with Crippen molar-refractivity contribution in [1.82, 2.24) is 5.32 Å². The van der Waals surface area contributed by atoms with Crippen LogP contribution in [0, 0.1) is 5.92 Å². The molecule has 1 saturated heterocycles. The summed E-state index contributed by atoms with van der Waals surface area (Å²) in [7, 11) is 0. The fraction of sp³-hybridized carbons (Fsp3) is 1.00. The van der Waals surface area contributed by atoms with Gasteiger partial charge in [-0.2, -0.15) is 0 Å². The molecule has 0 amide bonds. The van der Waals surface area contributed by atoms with Gasteiger partial charge in [0.05, 0.1) is 12.7 Å². The number of hydrogen-bond donors (Lipinski definition) is 1. The Hall–Kier alpha value is -0.0800. The molecule has 98 valence electrons. The topological polar surface area (TPSA) is 21.3 Å². The Morgan fingerprint density at radius 1 is 1.00 bits per heavy atom. The Bertz CT molecular complexity index is 231. The molecule has 0 aromatic rings. The summed E-state index contributed by atoms with van der Waals surface area (Å²) in [6, 6.07) is 0. The van der Waals surface area contributed by atoms with E-state index < -0.39 is 0 Å². The van der Waals surface area contributed by atoms with E-state index in [-0.39, 0.29) is 0 Å². The van der Waals surface area contributed by atoms with Gasteiger partial charge in [-0.25, -0.2) is 0 Å². The minimum atomic E-state index is 0.366. The number of rotatable bonds is 2. The van der Waals surface area contributed by atoms with E-state index in [0.29, 0.717) is 11.6 Å². The smallest absolute Gasteiger partial charge is 0.0703 e. The van der Waals surface area contributed by atoms with Gasteiger partial charge in [-0.1, -0.05) is 44.9 Å². The molecular formula is C15H27NO. The molecule has 1 aliphatic heterocycles. The van der Waals surface area contributed by atoms with Crippen molar-refractivity contribution < 1.29 is 4.74 Å². The minimum Gasteiger partial charge on any atom is -0.375 e. The highest BCUT2D eigenvalue weighted by Crippen LogP contribution is 2.34. The maximum absolute atomic E-state index is 6.17. The number of ether oxygens (including phenoxy) is 1. The quantitative estimate of drug-likeness (QED) is 0.796. The molecule has 3 fully saturated rings. The molecule has 1 spiro atoms. The molecule has 17 heavy (non-hydrogen) atoms. The maximum Gasteiger partial charge on any atom is 0.0703 e. The van der Waals surface area contributed by atoms with Crippen LogP contribution in [0.15, 0.2) is 0 Å². The van der Waals surface area contributed by atoms with Gasteiger partial charge in [-0.3, -0.25) is 0 Å². The summed E-state index contributed by atoms with van der Waals surface area (Å²) in [5.74, 6) is 0.960. The molecular weight excluding hydrogens is 210 g/mol. The Morgan fingerprint density at radius 3 is 2.41 bits per heavy atom. The fourth-order valence-corrected chi connectivity index (χ4v) is 4.04. The number of hydrogen-bond acceptors (Lipinski definition) is 2. The lowest BCUT2D eigenvalue weighted by Crippen LogP contribution is -2.58. The highest BCUT2D eigenvalue weighted by atomic mass is 16.5. The molecule has 2 heteroatoms. The first-order valence-corrected chi connectivity index (χ1v) is 7.73. The van der Waals surface area contributed by atoms with Crippen LogP contribution >= 0.6 is 0 Å². The van der Waals surface area contributed by atoms with Crippen molar-refractivity contribution in [1.29, 1.82) is 0 Å². The van der Waals surface area contributed by atoms with Crippen molar-refractivity contribution in [2.45, 2.75) is 75.9 Å². The normalized spacial score (nSPS) is 34.2. The Balaban J connectivity index is 1.46. The molecule has 0 aromatic carbocycles. The van der Waals surface area contributed by atoms with Gasteiger partial charge in [0.15, 0.2) is 0 Å². The lowest BCUT2D eigenvalue weighted by molar-refractivity contribution is -0.0536. The third kappa shape index (κ3) is 2.85. The van der Waals surface area contributed by atoms with Crippen LogP contribution in [0.2, 0.25) is 0 Å². The molecule has 0 bridgehead atoms. The molecule has 0 aromatic heterocycles. The van der Waals surface area contributed by atoms with Crippen LogP contribution in [0.3, 0.4) is 0 Å². The summed E-state index contributed by atoms with van der Waals surface area (Å²) >= 11 is 0. The van der Waals surface area contributed by atoms with Crippen molar-refractivity contribution in [3.05, 3.63) is 0 Å². The van der Waals surface area contributed by atoms with E-state index in [1.165, 1.54) is 64.2 Å². The summed E-state index contributed by atoms with van der Waals surface area (Å²) < 4.78 is 6.17. The van der Waals surface area contributed by atoms with Gasteiger partial charge in [0, 0.05) is 12.1 Å². The highest BCUT2D eigenvalue weighted by Gasteiger charge is 2.37. The zero-order valence-corrected chi connectivity index (χ0v) is 11.0. The molecule has 3 rings (SSSR count). The average molecular weight is 237 g/mol. The van der Waals surface area contributed by atoms with E-state index in [1.807, 2.05) is 0 Å². The van der Waals surface area contributed by atoms with Gasteiger partial charge >= 0.3 is 0 Å². The van der Waals surface area contributed by atoms with Crippen molar-refractivity contribution in [2.75, 3.05) is 13.2 Å². The van der Waals surface area contributed by atoms with E-state index >= 15 is 0 Å². The predicted octanol–water partition coefficient (Wildman–Crippen LogP) is 3.26. The van der Waals surface area contributed by atoms with Crippen LogP contribution in [0.1, 0.15) is 64.2 Å². The predicted molar refractivity (Wildman–Crippen MR) is 70.1 cm³/mol. The SMILES string of the molecule is C1CCC2(CC1)COC(CC1CCCC1)CN2. The molecule has 3 aliphatic rings. The molecule has 1 N–H and O–H groups in total. The van der Waals surface area contributed by atoms with Crippen LogP contribution in [0.4, 0.5) is 0 Å². The van der Waals surface area contributed by atoms with Crippen molar-refractivity contribution in [2.24, 2.45) is 5.92 Å². The van der Waals surface area contributed by atoms with E-state index in [0.717, 1.165) is 19.1 Å². The lowest BCUT2D eigenvalue weighted by Gasteiger charge is -2.44. The Labute approximate surface area is 105 Å². The average Bonchev–Trinajstić information content (AvgIpc) is 2.87. The Kier molecular flexibility index (Phi) is 3.72. The third-order valence-corrected chi connectivity index (χ3v) is 5.18. The second-order valence-corrected chi connectivity index (χ2v) is 6.54. The van der Waals surface area contributed by atoms with E-state index in [9.17, 15) is 0 Å². The van der Waals surface area contributed by atoms with Gasteiger partial charge in [-0.05, 0) is 25.2 Å². The fourth-order valence-electron chi connectivity index (χ4n) is 4.04. The maximum atomic E-state index is 6.17. The lowest BCUT2D eigenvalue weighted by atomic mass is 9.81. The summed E-state index contributed by atoms with van der Waals surface area (Å²) in [5.41, 5.74) is 0.366. The van der Waals surface area contributed by atoms with Gasteiger partial charge in [0.2, 0.25) is 0 Å². The molecule has 1 unspecified atom stereocenters. The van der Waals surface area contributed by atoms with Crippen molar-refractivity contribution in [3.63, 3.8) is 0 Å². The number of morpholine rings is 1. The van der Waals surface area contributed by atoms with Gasteiger partial charge in [0.1, 0.15) is 0 Å². The van der Waals surface area contributed by atoms with Gasteiger partial charge in [0.25, 0.3) is 0 Å². The Morgan fingerprint density at radius 2 is 1.76 bits per heavy atom. The minimum absolute atomic E-state index is 0.366. The molecule has 0 radical (unpaired) electrons. The van der Waals surface area contributed by atoms with Crippen LogP contribution < -0.4 is 5.32 Å². The van der Waals surface area contributed by atoms with Crippen LogP contribution in [-0.2, 0) is 4.74 Å². The number of nitrogens with one attached hydrogen (secondary N) is 1. The molecule has 1 atom stereocenters. The standard InChI is InChI=1S/C15H27NO/c1-4-8-15(9-5-1)12-17-14(11-16-15)10-13-6-2-3-7-13/h13-14,16H,1-12H2. The van der Waals surface area contributed by atoms with Crippen LogP contribution in [-0.4, -0.2) is 24.8 Å². The third-order valence-electron chi connectivity index (χ3n) is 5.18. The van der Waals surface area contributed by atoms with Gasteiger partial charge < -0.3 is 10.1 Å². The summed E-state index contributed by atoms with van der Waals surface area (Å²) in [5, 5.41) is 3.83. The molecule has 2 saturated carbocycles. The second kappa shape index (κ2) is 5.27. The second-order valence-electron chi connectivity index (χ2n) is 6.54. The first-order valence-electron chi connectivity index (χ1n) is 7.73. The summed E-state index contributed by atoms with van der Waals surface area (Å²) in [4.78, 5) is 0. The van der Waals surface area contributed by atoms with E-state index in [2.05, 4.69) is 5.32 Å². The highest BCUT2D eigenvalue weighted by molar-refractivity contribution is 4.94. The molecule has 2 nitrogen and oxygen atoms in total. The monoisotopic (exact) mass is 237 g/mol. The van der Waals surface area contributed by atoms with Crippen molar-refractivity contribution in [3.8, 4) is 0 Å². The first kappa shape index (κ1) is 12.0. The van der Waals surface area contributed by atoms with Gasteiger partial charge in [-0.15, -0.1) is 0 Å². The van der Waals surface area contributed by atoms with Crippen LogP contribution in [0.25, 0.3) is 0 Å². The molecule has 1 heterocycles. The van der Waals surface area contributed by atoms with E-state index in [4.69, 9.17) is 4.74 Å². The zero-order chi connectivity index (χ0) is 11.6. The zero-order valence-electron chi connectivity index (χ0n) is 11.0. The first-order chi connectivity index (χ1) is 8.36.